The third kappa shape index (κ3) is 12.3. The van der Waals surface area contributed by atoms with Gasteiger partial charge in [-0.15, -0.1) is 0 Å². The molecule has 1 heterocycles. The lowest BCUT2D eigenvalue weighted by molar-refractivity contribution is 0.336. The van der Waals surface area contributed by atoms with Crippen LogP contribution in [0.3, 0.4) is 0 Å². The summed E-state index contributed by atoms with van der Waals surface area (Å²) in [5.74, 6) is 0.337. The fourth-order valence-corrected chi connectivity index (χ4v) is 4.52. The molecule has 0 saturated heterocycles. The first-order valence-electron chi connectivity index (χ1n) is 13.4. The maximum atomic E-state index is 10.3. The first-order chi connectivity index (χ1) is 15.1. The predicted molar refractivity (Wildman–Crippen MR) is 135 cm³/mol. The zero-order valence-corrected chi connectivity index (χ0v) is 20.9. The summed E-state index contributed by atoms with van der Waals surface area (Å²) in [5, 5.41) is 20.6. The van der Waals surface area contributed by atoms with E-state index in [1.807, 2.05) is 0 Å². The SMILES string of the molecule is CCCCCCCCCCC=C(C)C(CCCCCCCCCC)n1c(O)ccc1O. The average molecular weight is 434 g/mol. The highest BCUT2D eigenvalue weighted by Crippen LogP contribution is 2.34. The van der Waals surface area contributed by atoms with Gasteiger partial charge in [0.1, 0.15) is 0 Å². The van der Waals surface area contributed by atoms with Crippen LogP contribution in [0.2, 0.25) is 0 Å². The molecule has 180 valence electrons. The standard InChI is InChI=1S/C28H51NO2/c1-4-6-8-10-12-14-15-17-19-21-25(3)26(29-27(30)23-24-28(29)31)22-20-18-16-13-11-9-7-5-2/h21,23-24,26,30-31H,4-20,22H2,1-3H3. The summed E-state index contributed by atoms with van der Waals surface area (Å²) >= 11 is 0. The van der Waals surface area contributed by atoms with Crippen molar-refractivity contribution < 1.29 is 10.2 Å². The highest BCUT2D eigenvalue weighted by Gasteiger charge is 2.19. The fraction of sp³-hybridized carbons (Fsp3) is 0.786. The third-order valence-electron chi connectivity index (χ3n) is 6.57. The van der Waals surface area contributed by atoms with Gasteiger partial charge in [0, 0.05) is 12.1 Å². The molecule has 0 aromatic carbocycles. The van der Waals surface area contributed by atoms with Crippen LogP contribution in [0, 0.1) is 0 Å². The van der Waals surface area contributed by atoms with E-state index in [0.29, 0.717) is 0 Å². The van der Waals surface area contributed by atoms with Crippen LogP contribution in [0.1, 0.15) is 142 Å². The number of hydrogen-bond acceptors (Lipinski definition) is 2. The summed E-state index contributed by atoms with van der Waals surface area (Å²) in [7, 11) is 0. The van der Waals surface area contributed by atoms with E-state index in [1.54, 1.807) is 16.7 Å². The quantitative estimate of drug-likeness (QED) is 0.159. The van der Waals surface area contributed by atoms with Gasteiger partial charge >= 0.3 is 0 Å². The number of rotatable bonds is 20. The molecule has 1 unspecified atom stereocenters. The van der Waals surface area contributed by atoms with Gasteiger partial charge < -0.3 is 10.2 Å². The highest BCUT2D eigenvalue weighted by atomic mass is 16.3. The van der Waals surface area contributed by atoms with Crippen molar-refractivity contribution in [2.75, 3.05) is 0 Å². The first-order valence-corrected chi connectivity index (χ1v) is 13.4. The number of aromatic nitrogens is 1. The molecule has 2 N–H and O–H groups in total. The summed E-state index contributed by atoms with van der Waals surface area (Å²) in [6.07, 6.45) is 25.5. The Morgan fingerprint density at radius 3 is 1.61 bits per heavy atom. The Balaban J connectivity index is 2.42. The second-order valence-corrected chi connectivity index (χ2v) is 9.41. The van der Waals surface area contributed by atoms with E-state index in [0.717, 1.165) is 19.3 Å². The molecule has 0 saturated carbocycles. The van der Waals surface area contributed by atoms with Crippen LogP contribution in [0.25, 0.3) is 0 Å². The lowest BCUT2D eigenvalue weighted by Gasteiger charge is -2.22. The van der Waals surface area contributed by atoms with E-state index in [1.165, 1.54) is 102 Å². The predicted octanol–water partition coefficient (Wildman–Crippen LogP) is 9.45. The van der Waals surface area contributed by atoms with E-state index < -0.39 is 0 Å². The summed E-state index contributed by atoms with van der Waals surface area (Å²) in [5.41, 5.74) is 1.27. The van der Waals surface area contributed by atoms with Crippen LogP contribution in [0.4, 0.5) is 0 Å². The largest absolute Gasteiger partial charge is 0.494 e. The maximum absolute atomic E-state index is 10.3. The average Bonchev–Trinajstić information content (AvgIpc) is 3.09. The minimum absolute atomic E-state index is 0.0594. The Labute approximate surface area is 193 Å². The van der Waals surface area contributed by atoms with Gasteiger partial charge in [-0.05, 0) is 26.2 Å². The summed E-state index contributed by atoms with van der Waals surface area (Å²) in [4.78, 5) is 0. The Hall–Kier alpha value is -1.38. The minimum Gasteiger partial charge on any atom is -0.494 e. The number of allylic oxidation sites excluding steroid dienone is 2. The number of nitrogens with zero attached hydrogens (tertiary/aromatic N) is 1. The van der Waals surface area contributed by atoms with Crippen LogP contribution in [0.15, 0.2) is 23.8 Å². The monoisotopic (exact) mass is 433 g/mol. The van der Waals surface area contributed by atoms with Gasteiger partial charge in [-0.2, -0.15) is 0 Å². The molecule has 1 rings (SSSR count). The van der Waals surface area contributed by atoms with Crippen molar-refractivity contribution in [3.8, 4) is 11.8 Å². The molecule has 0 aliphatic carbocycles. The molecule has 0 spiro atoms. The highest BCUT2D eigenvalue weighted by molar-refractivity contribution is 5.28. The molecule has 3 heteroatoms. The molecule has 0 amide bonds. The summed E-state index contributed by atoms with van der Waals surface area (Å²) < 4.78 is 1.71. The molecular weight excluding hydrogens is 382 g/mol. The van der Waals surface area contributed by atoms with Gasteiger partial charge in [-0.25, -0.2) is 0 Å². The Morgan fingerprint density at radius 2 is 1.13 bits per heavy atom. The third-order valence-corrected chi connectivity index (χ3v) is 6.57. The van der Waals surface area contributed by atoms with Crippen LogP contribution >= 0.6 is 0 Å². The van der Waals surface area contributed by atoms with Crippen molar-refractivity contribution in [3.63, 3.8) is 0 Å². The molecule has 0 aliphatic heterocycles. The molecule has 31 heavy (non-hydrogen) atoms. The molecule has 1 aromatic heterocycles. The van der Waals surface area contributed by atoms with Gasteiger partial charge in [-0.1, -0.05) is 122 Å². The topological polar surface area (TPSA) is 45.4 Å². The van der Waals surface area contributed by atoms with E-state index in [9.17, 15) is 10.2 Å². The van der Waals surface area contributed by atoms with E-state index in [-0.39, 0.29) is 17.8 Å². The van der Waals surface area contributed by atoms with Gasteiger partial charge in [0.05, 0.1) is 6.04 Å². The van der Waals surface area contributed by atoms with Crippen molar-refractivity contribution in [2.45, 2.75) is 142 Å². The molecule has 1 atom stereocenters. The van der Waals surface area contributed by atoms with Crippen molar-refractivity contribution in [1.29, 1.82) is 0 Å². The molecule has 1 aromatic rings. The van der Waals surface area contributed by atoms with Gasteiger partial charge in [0.15, 0.2) is 11.8 Å². The number of unbranched alkanes of at least 4 members (excludes halogenated alkanes) is 15. The lowest BCUT2D eigenvalue weighted by Crippen LogP contribution is -2.10. The first kappa shape index (κ1) is 27.7. The Kier molecular flexibility index (Phi) is 16.3. The molecule has 0 radical (unpaired) electrons. The maximum Gasteiger partial charge on any atom is 0.194 e. The van der Waals surface area contributed by atoms with Crippen molar-refractivity contribution in [1.82, 2.24) is 4.57 Å². The fourth-order valence-electron chi connectivity index (χ4n) is 4.52. The van der Waals surface area contributed by atoms with E-state index >= 15 is 0 Å². The molecule has 0 bridgehead atoms. The van der Waals surface area contributed by atoms with E-state index in [2.05, 4.69) is 26.8 Å². The van der Waals surface area contributed by atoms with Crippen molar-refractivity contribution in [3.05, 3.63) is 23.8 Å². The van der Waals surface area contributed by atoms with Crippen molar-refractivity contribution in [2.24, 2.45) is 0 Å². The van der Waals surface area contributed by atoms with Crippen molar-refractivity contribution >= 4 is 0 Å². The molecule has 0 aliphatic rings. The van der Waals surface area contributed by atoms with Gasteiger partial charge in [0.2, 0.25) is 0 Å². The number of aromatic hydroxyl groups is 2. The summed E-state index contributed by atoms with van der Waals surface area (Å²) in [6.45, 7) is 6.69. The summed E-state index contributed by atoms with van der Waals surface area (Å²) in [6, 6.07) is 3.26. The molecule has 3 nitrogen and oxygen atoms in total. The molecular formula is C28H51NO2. The lowest BCUT2D eigenvalue weighted by atomic mass is 9.98. The number of hydrogen-bond donors (Lipinski definition) is 2. The van der Waals surface area contributed by atoms with E-state index in [4.69, 9.17) is 0 Å². The zero-order valence-electron chi connectivity index (χ0n) is 20.9. The van der Waals surface area contributed by atoms with Crippen LogP contribution in [-0.2, 0) is 0 Å². The Morgan fingerprint density at radius 1 is 0.710 bits per heavy atom. The smallest absolute Gasteiger partial charge is 0.194 e. The minimum atomic E-state index is 0.0594. The van der Waals surface area contributed by atoms with Crippen LogP contribution < -0.4 is 0 Å². The zero-order chi connectivity index (χ0) is 22.7. The van der Waals surface area contributed by atoms with Crippen LogP contribution in [0.5, 0.6) is 11.8 Å². The van der Waals surface area contributed by atoms with Gasteiger partial charge in [-0.3, -0.25) is 4.57 Å². The second kappa shape index (κ2) is 18.2. The molecule has 0 fully saturated rings. The van der Waals surface area contributed by atoms with Gasteiger partial charge in [0.25, 0.3) is 0 Å². The van der Waals surface area contributed by atoms with Crippen LogP contribution in [-0.4, -0.2) is 14.8 Å². The second-order valence-electron chi connectivity index (χ2n) is 9.41. The normalized spacial score (nSPS) is 13.1. The Bertz CT molecular complexity index is 556.